The van der Waals surface area contributed by atoms with Crippen molar-refractivity contribution in [2.45, 2.75) is 40.2 Å². The summed E-state index contributed by atoms with van der Waals surface area (Å²) in [5.74, 6) is 0.297. The van der Waals surface area contributed by atoms with Crippen molar-refractivity contribution >= 4 is 5.91 Å². The number of nitrogens with zero attached hydrogens (tertiary/aromatic N) is 1. The Balaban J connectivity index is 2.44. The molecule has 0 aromatic carbocycles. The van der Waals surface area contributed by atoms with Gasteiger partial charge in [0.25, 0.3) is 0 Å². The van der Waals surface area contributed by atoms with Gasteiger partial charge in [-0.05, 0) is 12.3 Å². The molecule has 0 radical (unpaired) electrons. The van der Waals surface area contributed by atoms with Crippen molar-refractivity contribution in [1.82, 2.24) is 10.2 Å². The SMILES string of the molecule is CC1CN(C(=O)CC(C)(C)C)CCN1. The van der Waals surface area contributed by atoms with E-state index in [1.165, 1.54) is 0 Å². The van der Waals surface area contributed by atoms with Gasteiger partial charge in [-0.15, -0.1) is 0 Å². The normalized spacial score (nSPS) is 23.7. The fourth-order valence-electron chi connectivity index (χ4n) is 1.72. The lowest BCUT2D eigenvalue weighted by atomic mass is 9.91. The summed E-state index contributed by atoms with van der Waals surface area (Å²) in [4.78, 5) is 13.8. The molecule has 1 atom stereocenters. The molecule has 3 nitrogen and oxygen atoms in total. The Morgan fingerprint density at radius 1 is 1.50 bits per heavy atom. The van der Waals surface area contributed by atoms with E-state index in [-0.39, 0.29) is 5.41 Å². The molecule has 1 rings (SSSR count). The molecule has 1 aliphatic heterocycles. The highest BCUT2D eigenvalue weighted by Gasteiger charge is 2.24. The minimum atomic E-state index is 0.102. The molecule has 0 spiro atoms. The zero-order valence-corrected chi connectivity index (χ0v) is 9.76. The van der Waals surface area contributed by atoms with Gasteiger partial charge in [-0.1, -0.05) is 20.8 Å². The maximum Gasteiger partial charge on any atom is 0.223 e. The van der Waals surface area contributed by atoms with Gasteiger partial charge in [0.2, 0.25) is 5.91 Å². The summed E-state index contributed by atoms with van der Waals surface area (Å²) in [6, 6.07) is 0.438. The summed E-state index contributed by atoms with van der Waals surface area (Å²) in [5.41, 5.74) is 0.102. The van der Waals surface area contributed by atoms with Gasteiger partial charge >= 0.3 is 0 Å². The minimum Gasteiger partial charge on any atom is -0.340 e. The maximum atomic E-state index is 11.9. The second-order valence-electron chi connectivity index (χ2n) is 5.43. The summed E-state index contributed by atoms with van der Waals surface area (Å²) in [6.07, 6.45) is 0.652. The van der Waals surface area contributed by atoms with Crippen molar-refractivity contribution in [3.05, 3.63) is 0 Å². The fraction of sp³-hybridized carbons (Fsp3) is 0.909. The number of amides is 1. The van der Waals surface area contributed by atoms with Crippen LogP contribution in [-0.2, 0) is 4.79 Å². The third-order valence-corrected chi connectivity index (χ3v) is 2.40. The predicted octanol–water partition coefficient (Wildman–Crippen LogP) is 1.24. The topological polar surface area (TPSA) is 32.3 Å². The molecule has 1 saturated heterocycles. The van der Waals surface area contributed by atoms with E-state index in [0.717, 1.165) is 19.6 Å². The van der Waals surface area contributed by atoms with Gasteiger partial charge in [0.15, 0.2) is 0 Å². The molecule has 0 saturated carbocycles. The molecule has 82 valence electrons. The first kappa shape index (κ1) is 11.5. The van der Waals surface area contributed by atoms with E-state index >= 15 is 0 Å². The van der Waals surface area contributed by atoms with Crippen LogP contribution in [0, 0.1) is 5.41 Å². The van der Waals surface area contributed by atoms with Crippen molar-refractivity contribution < 1.29 is 4.79 Å². The largest absolute Gasteiger partial charge is 0.340 e. The molecule has 1 amide bonds. The molecule has 1 fully saturated rings. The molecule has 1 unspecified atom stereocenters. The van der Waals surface area contributed by atoms with Crippen LogP contribution in [0.4, 0.5) is 0 Å². The van der Waals surface area contributed by atoms with Crippen LogP contribution in [-0.4, -0.2) is 36.5 Å². The lowest BCUT2D eigenvalue weighted by Gasteiger charge is -2.33. The number of hydrogen-bond acceptors (Lipinski definition) is 2. The molecule has 1 heterocycles. The van der Waals surface area contributed by atoms with Crippen LogP contribution in [0.15, 0.2) is 0 Å². The highest BCUT2D eigenvalue weighted by molar-refractivity contribution is 5.77. The quantitative estimate of drug-likeness (QED) is 0.687. The summed E-state index contributed by atoms with van der Waals surface area (Å²) < 4.78 is 0. The van der Waals surface area contributed by atoms with Crippen LogP contribution in [0.1, 0.15) is 34.1 Å². The molecule has 0 bridgehead atoms. The van der Waals surface area contributed by atoms with Gasteiger partial charge in [0.05, 0.1) is 0 Å². The van der Waals surface area contributed by atoms with Crippen LogP contribution in [0.5, 0.6) is 0 Å². The molecule has 14 heavy (non-hydrogen) atoms. The van der Waals surface area contributed by atoms with Gasteiger partial charge in [-0.25, -0.2) is 0 Å². The second kappa shape index (κ2) is 4.30. The van der Waals surface area contributed by atoms with E-state index in [9.17, 15) is 4.79 Å². The molecule has 3 heteroatoms. The maximum absolute atomic E-state index is 11.9. The van der Waals surface area contributed by atoms with Crippen molar-refractivity contribution in [1.29, 1.82) is 0 Å². The summed E-state index contributed by atoms with van der Waals surface area (Å²) >= 11 is 0. The predicted molar refractivity (Wildman–Crippen MR) is 58.1 cm³/mol. The van der Waals surface area contributed by atoms with Gasteiger partial charge in [0.1, 0.15) is 0 Å². The molecule has 0 aromatic rings. The number of carbonyl (C=O) groups excluding carboxylic acids is 1. The number of nitrogens with one attached hydrogen (secondary N) is 1. The zero-order valence-electron chi connectivity index (χ0n) is 9.76. The van der Waals surface area contributed by atoms with Crippen molar-refractivity contribution in [2.75, 3.05) is 19.6 Å². The van der Waals surface area contributed by atoms with E-state index in [0.29, 0.717) is 18.4 Å². The molecular formula is C11H22N2O. The first-order chi connectivity index (χ1) is 6.38. The van der Waals surface area contributed by atoms with Crippen molar-refractivity contribution in [2.24, 2.45) is 5.41 Å². The molecular weight excluding hydrogens is 176 g/mol. The monoisotopic (exact) mass is 198 g/mol. The molecule has 1 aliphatic rings. The minimum absolute atomic E-state index is 0.102. The highest BCUT2D eigenvalue weighted by Crippen LogP contribution is 2.20. The van der Waals surface area contributed by atoms with Crippen LogP contribution < -0.4 is 5.32 Å². The zero-order chi connectivity index (χ0) is 10.8. The number of rotatable bonds is 1. The second-order valence-corrected chi connectivity index (χ2v) is 5.43. The first-order valence-electron chi connectivity index (χ1n) is 5.40. The van der Waals surface area contributed by atoms with Gasteiger partial charge in [0, 0.05) is 32.1 Å². The van der Waals surface area contributed by atoms with E-state index < -0.39 is 0 Å². The standard InChI is InChI=1S/C11H22N2O/c1-9-8-13(6-5-12-9)10(14)7-11(2,3)4/h9,12H,5-8H2,1-4H3. The van der Waals surface area contributed by atoms with Gasteiger partial charge in [-0.3, -0.25) is 4.79 Å². The summed E-state index contributed by atoms with van der Waals surface area (Å²) in [7, 11) is 0. The lowest BCUT2D eigenvalue weighted by molar-refractivity contribution is -0.134. The van der Waals surface area contributed by atoms with Gasteiger partial charge < -0.3 is 10.2 Å². The Kier molecular flexibility index (Phi) is 3.53. The molecule has 0 aromatic heterocycles. The smallest absolute Gasteiger partial charge is 0.223 e. The van der Waals surface area contributed by atoms with Crippen LogP contribution in [0.25, 0.3) is 0 Å². The summed E-state index contributed by atoms with van der Waals surface area (Å²) in [6.45, 7) is 11.1. The average Bonchev–Trinajstić information content (AvgIpc) is 2.01. The Hall–Kier alpha value is -0.570. The average molecular weight is 198 g/mol. The third kappa shape index (κ3) is 3.66. The lowest BCUT2D eigenvalue weighted by Crippen LogP contribution is -2.51. The Labute approximate surface area is 86.9 Å². The Bertz CT molecular complexity index is 208. The highest BCUT2D eigenvalue weighted by atomic mass is 16.2. The Morgan fingerprint density at radius 2 is 2.14 bits per heavy atom. The van der Waals surface area contributed by atoms with Crippen LogP contribution in [0.3, 0.4) is 0 Å². The molecule has 0 aliphatic carbocycles. The van der Waals surface area contributed by atoms with Crippen LogP contribution >= 0.6 is 0 Å². The van der Waals surface area contributed by atoms with Crippen molar-refractivity contribution in [3.63, 3.8) is 0 Å². The number of piperazine rings is 1. The van der Waals surface area contributed by atoms with Gasteiger partial charge in [-0.2, -0.15) is 0 Å². The fourth-order valence-corrected chi connectivity index (χ4v) is 1.72. The first-order valence-corrected chi connectivity index (χ1v) is 5.40. The van der Waals surface area contributed by atoms with E-state index in [1.54, 1.807) is 0 Å². The van der Waals surface area contributed by atoms with Crippen LogP contribution in [0.2, 0.25) is 0 Å². The summed E-state index contributed by atoms with van der Waals surface area (Å²) in [5, 5.41) is 3.34. The number of carbonyl (C=O) groups is 1. The molecule has 1 N–H and O–H groups in total. The third-order valence-electron chi connectivity index (χ3n) is 2.40. The number of hydrogen-bond donors (Lipinski definition) is 1. The van der Waals surface area contributed by atoms with E-state index in [1.807, 2.05) is 4.90 Å². The van der Waals surface area contributed by atoms with Crippen molar-refractivity contribution in [3.8, 4) is 0 Å². The van der Waals surface area contributed by atoms with E-state index in [4.69, 9.17) is 0 Å². The van der Waals surface area contributed by atoms with E-state index in [2.05, 4.69) is 33.0 Å². The Morgan fingerprint density at radius 3 is 2.64 bits per heavy atom.